The van der Waals surface area contributed by atoms with Gasteiger partial charge in [-0.15, -0.1) is 0 Å². The Hall–Kier alpha value is -2.87. The van der Waals surface area contributed by atoms with Gasteiger partial charge in [-0.2, -0.15) is 0 Å². The Morgan fingerprint density at radius 3 is 2.36 bits per heavy atom. The highest BCUT2D eigenvalue weighted by Crippen LogP contribution is 2.20. The van der Waals surface area contributed by atoms with Crippen LogP contribution in [-0.2, 0) is 26.2 Å². The van der Waals surface area contributed by atoms with Crippen molar-refractivity contribution in [3.8, 4) is 0 Å². The minimum atomic E-state index is -3.50. The van der Waals surface area contributed by atoms with Gasteiger partial charge in [-0.05, 0) is 49.9 Å². The minimum absolute atomic E-state index is 0.135. The van der Waals surface area contributed by atoms with E-state index in [1.807, 2.05) is 62.4 Å². The van der Waals surface area contributed by atoms with Crippen molar-refractivity contribution in [2.75, 3.05) is 23.7 Å². The van der Waals surface area contributed by atoms with Crippen LogP contribution in [0.5, 0.6) is 0 Å². The topological polar surface area (TPSA) is 86.8 Å². The van der Waals surface area contributed by atoms with Crippen LogP contribution in [0.1, 0.15) is 44.2 Å². The quantitative estimate of drug-likeness (QED) is 0.511. The maximum Gasteiger partial charge on any atom is 0.242 e. The summed E-state index contributed by atoms with van der Waals surface area (Å²) in [6.45, 7) is 6.65. The zero-order valence-corrected chi connectivity index (χ0v) is 20.8. The van der Waals surface area contributed by atoms with Gasteiger partial charge in [0.25, 0.3) is 0 Å². The summed E-state index contributed by atoms with van der Waals surface area (Å²) >= 11 is 0. The molecule has 180 valence electrons. The van der Waals surface area contributed by atoms with E-state index in [0.717, 1.165) is 17.5 Å². The molecular formula is C25H35N3O4S. The number of aryl methyl sites for hydroxylation is 1. The molecule has 33 heavy (non-hydrogen) atoms. The largest absolute Gasteiger partial charge is 0.354 e. The maximum atomic E-state index is 13.2. The van der Waals surface area contributed by atoms with Crippen LogP contribution in [-0.4, -0.2) is 50.5 Å². The normalized spacial score (nSPS) is 12.1. The van der Waals surface area contributed by atoms with E-state index in [1.165, 1.54) is 10.6 Å². The second-order valence-corrected chi connectivity index (χ2v) is 10.2. The van der Waals surface area contributed by atoms with E-state index in [9.17, 15) is 18.0 Å². The lowest BCUT2D eigenvalue weighted by Crippen LogP contribution is -2.47. The highest BCUT2D eigenvalue weighted by Gasteiger charge is 2.26. The molecule has 0 aromatic heterocycles. The van der Waals surface area contributed by atoms with Gasteiger partial charge in [0.2, 0.25) is 21.8 Å². The van der Waals surface area contributed by atoms with Crippen molar-refractivity contribution in [3.05, 3.63) is 65.7 Å². The van der Waals surface area contributed by atoms with Crippen molar-refractivity contribution in [2.45, 2.75) is 52.6 Å². The summed E-state index contributed by atoms with van der Waals surface area (Å²) in [6.07, 6.45) is 2.45. The van der Waals surface area contributed by atoms with Gasteiger partial charge in [0.1, 0.15) is 6.04 Å². The van der Waals surface area contributed by atoms with Crippen LogP contribution >= 0.6 is 0 Å². The van der Waals surface area contributed by atoms with Crippen molar-refractivity contribution in [3.63, 3.8) is 0 Å². The Morgan fingerprint density at radius 1 is 1.06 bits per heavy atom. The fraction of sp³-hybridized carbons (Fsp3) is 0.440. The number of hydrogen-bond acceptors (Lipinski definition) is 4. The number of anilines is 1. The van der Waals surface area contributed by atoms with Crippen molar-refractivity contribution >= 4 is 27.5 Å². The molecule has 0 saturated carbocycles. The predicted molar refractivity (Wildman–Crippen MR) is 132 cm³/mol. The average molecular weight is 474 g/mol. The van der Waals surface area contributed by atoms with Crippen LogP contribution in [0.4, 0.5) is 5.69 Å². The average Bonchev–Trinajstić information content (AvgIpc) is 2.77. The zero-order chi connectivity index (χ0) is 24.4. The summed E-state index contributed by atoms with van der Waals surface area (Å²) in [6, 6.07) is 16.2. The molecule has 0 bridgehead atoms. The van der Waals surface area contributed by atoms with Gasteiger partial charge >= 0.3 is 0 Å². The Bertz CT molecular complexity index is 1020. The molecule has 1 N–H and O–H groups in total. The van der Waals surface area contributed by atoms with Crippen LogP contribution < -0.4 is 9.62 Å². The van der Waals surface area contributed by atoms with E-state index in [1.54, 1.807) is 17.9 Å². The maximum absolute atomic E-state index is 13.2. The lowest BCUT2D eigenvalue weighted by Gasteiger charge is -2.29. The summed E-state index contributed by atoms with van der Waals surface area (Å²) in [5.41, 5.74) is 2.47. The van der Waals surface area contributed by atoms with Crippen LogP contribution in [0.25, 0.3) is 0 Å². The second kappa shape index (κ2) is 12.4. The zero-order valence-electron chi connectivity index (χ0n) is 20.0. The lowest BCUT2D eigenvalue weighted by molar-refractivity contribution is -0.140. The highest BCUT2D eigenvalue weighted by molar-refractivity contribution is 7.92. The molecule has 2 aromatic rings. The van der Waals surface area contributed by atoms with Gasteiger partial charge in [-0.25, -0.2) is 8.42 Å². The number of carbonyl (C=O) groups is 2. The standard InChI is InChI=1S/C25H35N3O4S/c1-5-16-26-25(30)21(3)27(19-22-12-7-6-8-13-22)24(29)15-10-17-28(33(4,31)32)23-14-9-11-20(2)18-23/h6-9,11-14,18,21H,5,10,15-17,19H2,1-4H3,(H,26,30)/t21-/m0/s1. The van der Waals surface area contributed by atoms with E-state index >= 15 is 0 Å². The molecule has 1 atom stereocenters. The molecule has 0 spiro atoms. The van der Waals surface area contributed by atoms with Crippen molar-refractivity contribution in [1.29, 1.82) is 0 Å². The molecule has 2 amide bonds. The number of hydrogen-bond donors (Lipinski definition) is 1. The number of carbonyl (C=O) groups excluding carboxylic acids is 2. The molecule has 0 saturated heterocycles. The fourth-order valence-corrected chi connectivity index (χ4v) is 4.50. The molecule has 2 aromatic carbocycles. The molecule has 0 unspecified atom stereocenters. The van der Waals surface area contributed by atoms with Gasteiger partial charge in [0, 0.05) is 26.1 Å². The van der Waals surface area contributed by atoms with Crippen molar-refractivity contribution in [2.24, 2.45) is 0 Å². The second-order valence-electron chi connectivity index (χ2n) is 8.25. The van der Waals surface area contributed by atoms with Crippen molar-refractivity contribution < 1.29 is 18.0 Å². The van der Waals surface area contributed by atoms with Gasteiger partial charge in [0.15, 0.2) is 0 Å². The molecular weight excluding hydrogens is 438 g/mol. The third kappa shape index (κ3) is 8.20. The molecule has 0 heterocycles. The molecule has 7 nitrogen and oxygen atoms in total. The number of nitrogens with zero attached hydrogens (tertiary/aromatic N) is 2. The molecule has 0 radical (unpaired) electrons. The first-order chi connectivity index (χ1) is 15.6. The Balaban J connectivity index is 2.12. The van der Waals surface area contributed by atoms with E-state index in [0.29, 0.717) is 25.2 Å². The fourth-order valence-electron chi connectivity index (χ4n) is 3.55. The van der Waals surface area contributed by atoms with E-state index in [4.69, 9.17) is 0 Å². The summed E-state index contributed by atoms with van der Waals surface area (Å²) in [5.74, 6) is -0.380. The number of amides is 2. The smallest absolute Gasteiger partial charge is 0.242 e. The van der Waals surface area contributed by atoms with Crippen LogP contribution in [0.15, 0.2) is 54.6 Å². The lowest BCUT2D eigenvalue weighted by atomic mass is 10.1. The minimum Gasteiger partial charge on any atom is -0.354 e. The van der Waals surface area contributed by atoms with Gasteiger partial charge in [-0.1, -0.05) is 49.4 Å². The first-order valence-electron chi connectivity index (χ1n) is 11.3. The van der Waals surface area contributed by atoms with Gasteiger partial charge in [-0.3, -0.25) is 13.9 Å². The van der Waals surface area contributed by atoms with Gasteiger partial charge in [0.05, 0.1) is 11.9 Å². The van der Waals surface area contributed by atoms with E-state index in [2.05, 4.69) is 5.32 Å². The van der Waals surface area contributed by atoms with E-state index in [-0.39, 0.29) is 24.8 Å². The van der Waals surface area contributed by atoms with Crippen LogP contribution in [0.3, 0.4) is 0 Å². The Kier molecular flexibility index (Phi) is 9.91. The van der Waals surface area contributed by atoms with Crippen molar-refractivity contribution in [1.82, 2.24) is 10.2 Å². The SMILES string of the molecule is CCCNC(=O)[C@H](C)N(Cc1ccccc1)C(=O)CCCN(c1cccc(C)c1)S(C)(=O)=O. The third-order valence-electron chi connectivity index (χ3n) is 5.35. The summed E-state index contributed by atoms with van der Waals surface area (Å²) in [5, 5.41) is 2.85. The van der Waals surface area contributed by atoms with Gasteiger partial charge < -0.3 is 10.2 Å². The molecule has 0 fully saturated rings. The molecule has 0 aliphatic rings. The van der Waals surface area contributed by atoms with Crippen LogP contribution in [0, 0.1) is 6.92 Å². The Morgan fingerprint density at radius 2 is 1.76 bits per heavy atom. The molecule has 2 rings (SSSR count). The first-order valence-corrected chi connectivity index (χ1v) is 13.1. The third-order valence-corrected chi connectivity index (χ3v) is 6.55. The van der Waals surface area contributed by atoms with E-state index < -0.39 is 16.1 Å². The predicted octanol–water partition coefficient (Wildman–Crippen LogP) is 3.48. The number of benzene rings is 2. The summed E-state index contributed by atoms with van der Waals surface area (Å²) < 4.78 is 26.1. The molecule has 0 aliphatic heterocycles. The molecule has 8 heteroatoms. The monoisotopic (exact) mass is 473 g/mol. The van der Waals surface area contributed by atoms with Crippen LogP contribution in [0.2, 0.25) is 0 Å². The molecule has 0 aliphatic carbocycles. The Labute approximate surface area is 197 Å². The highest BCUT2D eigenvalue weighted by atomic mass is 32.2. The number of rotatable bonds is 12. The first kappa shape index (κ1) is 26.4. The summed E-state index contributed by atoms with van der Waals surface area (Å²) in [7, 11) is -3.50. The number of sulfonamides is 1. The number of nitrogens with one attached hydrogen (secondary N) is 1. The summed E-state index contributed by atoms with van der Waals surface area (Å²) in [4.78, 5) is 27.3.